The van der Waals surface area contributed by atoms with Gasteiger partial charge in [-0.3, -0.25) is 4.79 Å². The van der Waals surface area contributed by atoms with Gasteiger partial charge < -0.3 is 4.90 Å². The van der Waals surface area contributed by atoms with Crippen LogP contribution in [-0.2, 0) is 4.79 Å². The molecule has 2 nitrogen and oxygen atoms in total. The molecule has 3 heteroatoms. The van der Waals surface area contributed by atoms with Crippen molar-refractivity contribution >= 4 is 17.5 Å². The van der Waals surface area contributed by atoms with E-state index in [0.29, 0.717) is 17.2 Å². The summed E-state index contributed by atoms with van der Waals surface area (Å²) in [7, 11) is 0. The molecular weight excluding hydrogens is 282 g/mol. The summed E-state index contributed by atoms with van der Waals surface area (Å²) in [4.78, 5) is 15.5. The van der Waals surface area contributed by atoms with Crippen LogP contribution < -0.4 is 0 Å². The van der Waals surface area contributed by atoms with E-state index in [4.69, 9.17) is 11.6 Å². The van der Waals surface area contributed by atoms with Gasteiger partial charge in [-0.15, -0.1) is 11.6 Å². The molecule has 1 saturated heterocycles. The molecular formula is C18H28ClNO. The Morgan fingerprint density at radius 3 is 2.57 bits per heavy atom. The maximum atomic E-state index is 13.3. The van der Waals surface area contributed by atoms with Crippen molar-refractivity contribution in [1.29, 1.82) is 0 Å². The van der Waals surface area contributed by atoms with Crippen molar-refractivity contribution in [3.05, 3.63) is 0 Å². The standard InChI is InChI=1S/C18H28ClNO/c1-17-7-14-6-15(8-17)10-18(9-14,12-17)16(21)20-5-3-13(11-20)2-4-19/h13-15H,2-12H2,1H3. The Bertz CT molecular complexity index is 434. The fourth-order valence-electron chi connectivity index (χ4n) is 6.71. The number of hydrogen-bond acceptors (Lipinski definition) is 1. The molecule has 4 saturated carbocycles. The molecule has 3 unspecified atom stereocenters. The van der Waals surface area contributed by atoms with Crippen molar-refractivity contribution in [2.75, 3.05) is 19.0 Å². The van der Waals surface area contributed by atoms with Gasteiger partial charge in [0.05, 0.1) is 5.41 Å². The van der Waals surface area contributed by atoms with Crippen LogP contribution in [0.4, 0.5) is 0 Å². The van der Waals surface area contributed by atoms with Crippen molar-refractivity contribution in [3.63, 3.8) is 0 Å². The van der Waals surface area contributed by atoms with Crippen LogP contribution in [-0.4, -0.2) is 29.8 Å². The van der Waals surface area contributed by atoms with Gasteiger partial charge in [-0.25, -0.2) is 0 Å². The third-order valence-electron chi connectivity index (χ3n) is 6.90. The van der Waals surface area contributed by atoms with Gasteiger partial charge in [-0.05, 0) is 74.5 Å². The van der Waals surface area contributed by atoms with Crippen molar-refractivity contribution in [2.24, 2.45) is 28.6 Å². The highest BCUT2D eigenvalue weighted by Crippen LogP contribution is 2.65. The summed E-state index contributed by atoms with van der Waals surface area (Å²) in [5.74, 6) is 3.57. The summed E-state index contributed by atoms with van der Waals surface area (Å²) >= 11 is 5.88. The molecule has 0 aromatic heterocycles. The topological polar surface area (TPSA) is 20.3 Å². The summed E-state index contributed by atoms with van der Waals surface area (Å²) < 4.78 is 0. The van der Waals surface area contributed by atoms with E-state index in [2.05, 4.69) is 11.8 Å². The van der Waals surface area contributed by atoms with E-state index in [-0.39, 0.29) is 5.41 Å². The Hall–Kier alpha value is -0.240. The molecule has 1 aliphatic heterocycles. The van der Waals surface area contributed by atoms with Gasteiger partial charge in [-0.2, -0.15) is 0 Å². The molecule has 5 rings (SSSR count). The lowest BCUT2D eigenvalue weighted by molar-refractivity contribution is -0.165. The first-order valence-electron chi connectivity index (χ1n) is 8.87. The van der Waals surface area contributed by atoms with E-state index < -0.39 is 0 Å². The first-order valence-corrected chi connectivity index (χ1v) is 9.41. The molecule has 0 N–H and O–H groups in total. The second-order valence-electron chi connectivity index (χ2n) is 8.94. The third-order valence-corrected chi connectivity index (χ3v) is 7.12. The SMILES string of the molecule is CC12CC3CC(C1)CC(C(=O)N1CCC(CCCl)C1)(C3)C2. The van der Waals surface area contributed by atoms with Crippen LogP contribution in [0.25, 0.3) is 0 Å². The van der Waals surface area contributed by atoms with Crippen LogP contribution >= 0.6 is 11.6 Å². The van der Waals surface area contributed by atoms with Gasteiger partial charge in [0.1, 0.15) is 0 Å². The van der Waals surface area contributed by atoms with Crippen molar-refractivity contribution in [3.8, 4) is 0 Å². The maximum Gasteiger partial charge on any atom is 0.228 e. The van der Waals surface area contributed by atoms with Crippen molar-refractivity contribution in [1.82, 2.24) is 4.90 Å². The van der Waals surface area contributed by atoms with E-state index in [9.17, 15) is 4.79 Å². The fourth-order valence-corrected chi connectivity index (χ4v) is 7.02. The van der Waals surface area contributed by atoms with Crippen molar-refractivity contribution < 1.29 is 4.79 Å². The van der Waals surface area contributed by atoms with E-state index in [0.717, 1.165) is 37.2 Å². The quantitative estimate of drug-likeness (QED) is 0.720. The molecule has 3 atom stereocenters. The minimum Gasteiger partial charge on any atom is -0.342 e. The van der Waals surface area contributed by atoms with E-state index in [1.165, 1.54) is 44.9 Å². The first kappa shape index (κ1) is 14.4. The zero-order valence-electron chi connectivity index (χ0n) is 13.2. The minimum absolute atomic E-state index is 0.0225. The Kier molecular flexibility index (Phi) is 3.33. The van der Waals surface area contributed by atoms with Crippen LogP contribution in [0.15, 0.2) is 0 Å². The average molecular weight is 310 g/mol. The number of carbonyl (C=O) groups is 1. The number of amides is 1. The second kappa shape index (κ2) is 4.88. The van der Waals surface area contributed by atoms with Crippen LogP contribution in [0.3, 0.4) is 0 Å². The molecule has 5 fully saturated rings. The summed E-state index contributed by atoms with van der Waals surface area (Å²) in [6, 6.07) is 0. The molecule has 118 valence electrons. The maximum absolute atomic E-state index is 13.3. The molecule has 0 aromatic carbocycles. The lowest BCUT2D eigenvalue weighted by Gasteiger charge is -2.61. The van der Waals surface area contributed by atoms with E-state index >= 15 is 0 Å². The largest absolute Gasteiger partial charge is 0.342 e. The lowest BCUT2D eigenvalue weighted by Crippen LogP contribution is -2.57. The number of alkyl halides is 1. The van der Waals surface area contributed by atoms with E-state index in [1.54, 1.807) is 0 Å². The molecule has 4 bridgehead atoms. The molecule has 1 heterocycles. The van der Waals surface area contributed by atoms with Crippen LogP contribution in [0.1, 0.15) is 58.3 Å². The van der Waals surface area contributed by atoms with Gasteiger partial charge in [0.25, 0.3) is 0 Å². The number of rotatable bonds is 3. The summed E-state index contributed by atoms with van der Waals surface area (Å²) in [6.07, 6.45) is 9.95. The van der Waals surface area contributed by atoms with E-state index in [1.807, 2.05) is 0 Å². The number of halogens is 1. The highest BCUT2D eigenvalue weighted by atomic mass is 35.5. The monoisotopic (exact) mass is 309 g/mol. The smallest absolute Gasteiger partial charge is 0.228 e. The number of likely N-dealkylation sites (tertiary alicyclic amines) is 1. The van der Waals surface area contributed by atoms with Gasteiger partial charge in [0.15, 0.2) is 0 Å². The van der Waals surface area contributed by atoms with Gasteiger partial charge in [0, 0.05) is 19.0 Å². The predicted molar refractivity (Wildman–Crippen MR) is 85.2 cm³/mol. The Morgan fingerprint density at radius 1 is 1.24 bits per heavy atom. The predicted octanol–water partition coefficient (Wildman–Crippen LogP) is 4.07. The number of carbonyl (C=O) groups excluding carboxylic acids is 1. The highest BCUT2D eigenvalue weighted by Gasteiger charge is 2.59. The number of nitrogens with zero attached hydrogens (tertiary/aromatic N) is 1. The third kappa shape index (κ3) is 2.33. The molecule has 0 radical (unpaired) electrons. The lowest BCUT2D eigenvalue weighted by atomic mass is 9.44. The average Bonchev–Trinajstić information content (AvgIpc) is 2.84. The van der Waals surface area contributed by atoms with Gasteiger partial charge >= 0.3 is 0 Å². The molecule has 21 heavy (non-hydrogen) atoms. The Morgan fingerprint density at radius 2 is 1.95 bits per heavy atom. The Labute approximate surface area is 133 Å². The molecule has 1 amide bonds. The van der Waals surface area contributed by atoms with Crippen LogP contribution in [0.2, 0.25) is 0 Å². The molecule has 0 spiro atoms. The van der Waals surface area contributed by atoms with Gasteiger partial charge in [-0.1, -0.05) is 6.92 Å². The summed E-state index contributed by atoms with van der Waals surface area (Å²) in [5.41, 5.74) is 0.490. The molecule has 0 aromatic rings. The normalized spacial score (nSPS) is 48.1. The zero-order chi connectivity index (χ0) is 14.7. The summed E-state index contributed by atoms with van der Waals surface area (Å²) in [5, 5.41) is 0. The minimum atomic E-state index is 0.0225. The second-order valence-corrected chi connectivity index (χ2v) is 9.31. The van der Waals surface area contributed by atoms with Gasteiger partial charge in [0.2, 0.25) is 5.91 Å². The zero-order valence-corrected chi connectivity index (χ0v) is 14.0. The molecule has 4 aliphatic carbocycles. The fraction of sp³-hybridized carbons (Fsp3) is 0.944. The van der Waals surface area contributed by atoms with Crippen LogP contribution in [0.5, 0.6) is 0 Å². The molecule has 5 aliphatic rings. The van der Waals surface area contributed by atoms with Crippen molar-refractivity contribution in [2.45, 2.75) is 58.3 Å². The van der Waals surface area contributed by atoms with Crippen LogP contribution in [0, 0.1) is 28.6 Å². The first-order chi connectivity index (χ1) is 10.0. The summed E-state index contributed by atoms with van der Waals surface area (Å²) in [6.45, 7) is 4.40. The highest BCUT2D eigenvalue weighted by molar-refractivity contribution is 6.17. The number of hydrogen-bond donors (Lipinski definition) is 0. The Balaban J connectivity index is 1.52.